The Labute approximate surface area is 164 Å². The predicted octanol–water partition coefficient (Wildman–Crippen LogP) is 4.89. The molecule has 1 aromatic heterocycles. The van der Waals surface area contributed by atoms with Gasteiger partial charge in [0.15, 0.2) is 0 Å². The Morgan fingerprint density at radius 3 is 2.33 bits per heavy atom. The lowest BCUT2D eigenvalue weighted by Crippen LogP contribution is -2.05. The molecule has 0 aliphatic heterocycles. The molecule has 3 rings (SSSR count). The molecule has 1 nitrogen and oxygen atoms in total. The van der Waals surface area contributed by atoms with E-state index in [0.717, 1.165) is 33.7 Å². The van der Waals surface area contributed by atoms with Crippen LogP contribution >= 0.6 is 0 Å². The number of nitrogens with zero attached hydrogens (tertiary/aromatic N) is 1. The Hall–Kier alpha value is -2.93. The van der Waals surface area contributed by atoms with Gasteiger partial charge in [-0.15, -0.1) is 0 Å². The van der Waals surface area contributed by atoms with Crippen molar-refractivity contribution in [3.05, 3.63) is 95.6 Å². The van der Waals surface area contributed by atoms with Gasteiger partial charge in [-0.2, -0.15) is 0 Å². The maximum absolute atomic E-state index is 6.09. The van der Waals surface area contributed by atoms with E-state index >= 15 is 0 Å². The lowest BCUT2D eigenvalue weighted by Gasteiger charge is -2.16. The predicted molar refractivity (Wildman–Crippen MR) is 120 cm³/mol. The van der Waals surface area contributed by atoms with Gasteiger partial charge in [-0.05, 0) is 48.7 Å². The Kier molecular flexibility index (Phi) is 5.41. The van der Waals surface area contributed by atoms with E-state index in [2.05, 4.69) is 49.8 Å². The van der Waals surface area contributed by atoms with Gasteiger partial charge in [0.05, 0.1) is 5.69 Å². The fourth-order valence-electron chi connectivity index (χ4n) is 3.35. The molecular formula is C24H21B2N. The lowest BCUT2D eigenvalue weighted by atomic mass is 9.90. The zero-order chi connectivity index (χ0) is 19.6. The highest BCUT2D eigenvalue weighted by Gasteiger charge is 2.20. The fourth-order valence-corrected chi connectivity index (χ4v) is 3.35. The molecule has 1 heterocycles. The van der Waals surface area contributed by atoms with Crippen LogP contribution in [-0.4, -0.2) is 20.3 Å². The molecule has 3 aromatic rings. The van der Waals surface area contributed by atoms with E-state index in [4.69, 9.17) is 15.7 Å². The quantitative estimate of drug-likeness (QED) is 0.458. The van der Waals surface area contributed by atoms with Gasteiger partial charge in [-0.25, -0.2) is 0 Å². The minimum atomic E-state index is 0.626. The average Bonchev–Trinajstić information content (AvgIpc) is 2.93. The van der Waals surface area contributed by atoms with Crippen molar-refractivity contribution in [2.24, 2.45) is 0 Å². The molecule has 128 valence electrons. The highest BCUT2D eigenvalue weighted by molar-refractivity contribution is 6.32. The molecule has 0 aliphatic rings. The third-order valence-electron chi connectivity index (χ3n) is 4.87. The summed E-state index contributed by atoms with van der Waals surface area (Å²) < 4.78 is 2.24. The number of hydrogen-bond acceptors (Lipinski definition) is 0. The molecule has 0 atom stereocenters. The van der Waals surface area contributed by atoms with Gasteiger partial charge >= 0.3 is 0 Å². The molecule has 0 saturated carbocycles. The largest absolute Gasteiger partial charge is 0.309 e. The summed E-state index contributed by atoms with van der Waals surface area (Å²) in [6.45, 7) is 12.0. The minimum absolute atomic E-state index is 0.626. The van der Waals surface area contributed by atoms with Gasteiger partial charge in [0.25, 0.3) is 0 Å². The van der Waals surface area contributed by atoms with Crippen LogP contribution in [0.25, 0.3) is 29.1 Å². The molecule has 2 aromatic carbocycles. The molecule has 3 heteroatoms. The molecule has 0 amide bonds. The van der Waals surface area contributed by atoms with Crippen LogP contribution in [0.15, 0.2) is 73.2 Å². The molecule has 0 bridgehead atoms. The number of benzene rings is 2. The van der Waals surface area contributed by atoms with E-state index in [1.807, 2.05) is 42.5 Å². The number of para-hydroxylation sites is 1. The molecule has 4 radical (unpaired) electrons. The van der Waals surface area contributed by atoms with Crippen molar-refractivity contribution in [1.82, 2.24) is 4.57 Å². The van der Waals surface area contributed by atoms with Crippen LogP contribution < -0.4 is 5.46 Å². The number of hydrogen-bond donors (Lipinski definition) is 0. The van der Waals surface area contributed by atoms with Gasteiger partial charge in [0.2, 0.25) is 0 Å². The monoisotopic (exact) mass is 345 g/mol. The van der Waals surface area contributed by atoms with E-state index in [1.165, 1.54) is 11.1 Å². The van der Waals surface area contributed by atoms with Gasteiger partial charge in [0, 0.05) is 16.9 Å². The van der Waals surface area contributed by atoms with E-state index in [0.29, 0.717) is 5.47 Å². The zero-order valence-electron chi connectivity index (χ0n) is 15.9. The van der Waals surface area contributed by atoms with Crippen molar-refractivity contribution in [2.75, 3.05) is 0 Å². The summed E-state index contributed by atoms with van der Waals surface area (Å²) in [6.07, 6.45) is 5.47. The Morgan fingerprint density at radius 1 is 1.00 bits per heavy atom. The maximum atomic E-state index is 6.09. The van der Waals surface area contributed by atoms with Crippen LogP contribution in [0.2, 0.25) is 0 Å². The molecule has 0 fully saturated rings. The summed E-state index contributed by atoms with van der Waals surface area (Å²) in [4.78, 5) is 0. The molecule has 0 unspecified atom stereocenters. The second kappa shape index (κ2) is 7.75. The molecule has 0 N–H and O–H groups in total. The zero-order valence-corrected chi connectivity index (χ0v) is 15.9. The van der Waals surface area contributed by atoms with Gasteiger partial charge in [-0.3, -0.25) is 0 Å². The van der Waals surface area contributed by atoms with Crippen molar-refractivity contribution >= 4 is 33.3 Å². The molecule has 0 aliphatic carbocycles. The number of allylic oxidation sites excluding steroid dienone is 2. The van der Waals surface area contributed by atoms with Crippen LogP contribution in [-0.2, 0) is 0 Å². The molecule has 0 saturated heterocycles. The van der Waals surface area contributed by atoms with Crippen LogP contribution in [0.3, 0.4) is 0 Å². The van der Waals surface area contributed by atoms with E-state index in [-0.39, 0.29) is 0 Å². The normalized spacial score (nSPS) is 11.4. The van der Waals surface area contributed by atoms with E-state index < -0.39 is 0 Å². The van der Waals surface area contributed by atoms with Crippen LogP contribution in [0, 0.1) is 13.8 Å². The minimum Gasteiger partial charge on any atom is -0.309 e. The van der Waals surface area contributed by atoms with Crippen molar-refractivity contribution < 1.29 is 0 Å². The van der Waals surface area contributed by atoms with Crippen molar-refractivity contribution in [3.8, 4) is 16.9 Å². The van der Waals surface area contributed by atoms with Crippen LogP contribution in [0.1, 0.15) is 22.4 Å². The first-order valence-corrected chi connectivity index (χ1v) is 8.87. The summed E-state index contributed by atoms with van der Waals surface area (Å²) in [5.41, 5.74) is 9.01. The highest BCUT2D eigenvalue weighted by Crippen LogP contribution is 2.36. The standard InChI is InChI=1S/C24H21B2N/c1-5-18-14-20(26)12-13-22(18)24-17(4)16(3)23(15-19(25)6-2)27(24)21-10-8-7-9-11-21/h5-15H,1-2H2,3-4H3/b19-15+. The topological polar surface area (TPSA) is 4.93 Å². The van der Waals surface area contributed by atoms with Crippen molar-refractivity contribution in [1.29, 1.82) is 0 Å². The third kappa shape index (κ3) is 3.50. The van der Waals surface area contributed by atoms with Crippen molar-refractivity contribution in [3.63, 3.8) is 0 Å². The van der Waals surface area contributed by atoms with Gasteiger partial charge < -0.3 is 4.57 Å². The summed E-state index contributed by atoms with van der Waals surface area (Å²) in [7, 11) is 12.1. The van der Waals surface area contributed by atoms with E-state index in [9.17, 15) is 0 Å². The first kappa shape index (κ1) is 18.8. The van der Waals surface area contributed by atoms with Crippen LogP contribution in [0.5, 0.6) is 0 Å². The summed E-state index contributed by atoms with van der Waals surface area (Å²) in [5, 5.41) is 0. The maximum Gasteiger partial charge on any atom is 0.113 e. The van der Waals surface area contributed by atoms with E-state index in [1.54, 1.807) is 6.08 Å². The second-order valence-electron chi connectivity index (χ2n) is 6.55. The summed E-state index contributed by atoms with van der Waals surface area (Å²) in [5.74, 6) is 0. The SMILES string of the molecule is [B]/C(C=C)=C/c1c(C)c(C)c(-c2ccc([B])cc2C=C)n1-c1ccccc1. The summed E-state index contributed by atoms with van der Waals surface area (Å²) >= 11 is 0. The van der Waals surface area contributed by atoms with Crippen molar-refractivity contribution in [2.45, 2.75) is 13.8 Å². The average molecular weight is 345 g/mol. The Balaban J connectivity index is 2.44. The summed E-state index contributed by atoms with van der Waals surface area (Å²) in [6, 6.07) is 16.2. The fraction of sp³-hybridized carbons (Fsp3) is 0.0833. The molecule has 27 heavy (non-hydrogen) atoms. The Bertz CT molecular complexity index is 1040. The number of rotatable bonds is 5. The van der Waals surface area contributed by atoms with Gasteiger partial charge in [-0.1, -0.05) is 72.6 Å². The first-order valence-electron chi connectivity index (χ1n) is 8.87. The lowest BCUT2D eigenvalue weighted by molar-refractivity contribution is 1.06. The number of aromatic nitrogens is 1. The Morgan fingerprint density at radius 2 is 1.70 bits per heavy atom. The molecular weight excluding hydrogens is 324 g/mol. The van der Waals surface area contributed by atoms with Crippen LogP contribution in [0.4, 0.5) is 0 Å². The second-order valence-corrected chi connectivity index (χ2v) is 6.55. The molecule has 0 spiro atoms. The smallest absolute Gasteiger partial charge is 0.113 e. The highest BCUT2D eigenvalue weighted by atomic mass is 15.0. The first-order chi connectivity index (χ1) is 13.0. The van der Waals surface area contributed by atoms with Gasteiger partial charge in [0.1, 0.15) is 15.7 Å². The third-order valence-corrected chi connectivity index (χ3v) is 4.87.